The Morgan fingerprint density at radius 3 is 2.45 bits per heavy atom. The molecule has 2 aromatic carbocycles. The zero-order valence-corrected chi connectivity index (χ0v) is 17.0. The molecule has 0 aliphatic rings. The van der Waals surface area contributed by atoms with Gasteiger partial charge < -0.3 is 5.32 Å². The van der Waals surface area contributed by atoms with Crippen LogP contribution in [0.5, 0.6) is 0 Å². The normalized spacial score (nSPS) is 12.6. The molecule has 11 heteroatoms. The summed E-state index contributed by atoms with van der Waals surface area (Å²) >= 11 is 12.5. The number of halogens is 5. The van der Waals surface area contributed by atoms with Crippen LogP contribution in [-0.4, -0.2) is 26.3 Å². The van der Waals surface area contributed by atoms with Gasteiger partial charge in [-0.1, -0.05) is 35.0 Å². The van der Waals surface area contributed by atoms with Crippen LogP contribution in [0.4, 0.5) is 18.9 Å². The summed E-state index contributed by atoms with van der Waals surface area (Å²) in [6.07, 6.45) is -4.65. The minimum Gasteiger partial charge on any atom is -0.325 e. The number of hydrogen-bond donors (Lipinski definition) is 2. The SMILES string of the molecule is CC(Sc1n[nH]c(-c2ccc(Cl)cc2)n1)C(=O)Nc1ccc(Cl)cc1C(F)(F)F. The molecule has 1 amide bonds. The first-order valence-electron chi connectivity index (χ1n) is 8.16. The first kappa shape index (κ1) is 21.5. The standard InChI is InChI=1S/C18H13Cl2F3N4OS/c1-9(16(28)24-14-7-6-12(20)8-13(14)18(21,22)23)29-17-25-15(26-27-17)10-2-4-11(19)5-3-10/h2-9H,1H3,(H,24,28)(H,25,26,27). The molecule has 0 saturated carbocycles. The fourth-order valence-corrected chi connectivity index (χ4v) is 3.36. The first-order chi connectivity index (χ1) is 13.6. The van der Waals surface area contributed by atoms with Gasteiger partial charge in [0.1, 0.15) is 0 Å². The summed E-state index contributed by atoms with van der Waals surface area (Å²) < 4.78 is 39.5. The van der Waals surface area contributed by atoms with Crippen molar-refractivity contribution in [3.05, 3.63) is 58.1 Å². The Kier molecular flexibility index (Phi) is 6.40. The average Bonchev–Trinajstić information content (AvgIpc) is 3.11. The molecule has 1 heterocycles. The number of rotatable bonds is 5. The minimum absolute atomic E-state index is 0.0757. The zero-order chi connectivity index (χ0) is 21.2. The Bertz CT molecular complexity index is 1020. The van der Waals surface area contributed by atoms with Crippen molar-refractivity contribution in [2.24, 2.45) is 0 Å². The minimum atomic E-state index is -4.65. The van der Waals surface area contributed by atoms with Crippen molar-refractivity contribution >= 4 is 46.6 Å². The topological polar surface area (TPSA) is 70.7 Å². The highest BCUT2D eigenvalue weighted by Gasteiger charge is 2.34. The lowest BCUT2D eigenvalue weighted by molar-refractivity contribution is -0.137. The molecular weight excluding hydrogens is 448 g/mol. The molecule has 5 nitrogen and oxygen atoms in total. The highest BCUT2D eigenvalue weighted by atomic mass is 35.5. The van der Waals surface area contributed by atoms with Gasteiger partial charge in [0.05, 0.1) is 16.5 Å². The fraction of sp³-hybridized carbons (Fsp3) is 0.167. The van der Waals surface area contributed by atoms with Crippen molar-refractivity contribution < 1.29 is 18.0 Å². The molecule has 0 bridgehead atoms. The fourth-order valence-electron chi connectivity index (χ4n) is 2.34. The van der Waals surface area contributed by atoms with Crippen molar-refractivity contribution in [2.45, 2.75) is 23.5 Å². The second-order valence-electron chi connectivity index (χ2n) is 5.91. The van der Waals surface area contributed by atoms with E-state index in [0.29, 0.717) is 10.8 Å². The maximum absolute atomic E-state index is 13.2. The van der Waals surface area contributed by atoms with Crippen molar-refractivity contribution in [1.82, 2.24) is 15.2 Å². The number of aromatic nitrogens is 3. The van der Waals surface area contributed by atoms with Gasteiger partial charge in [-0.3, -0.25) is 9.89 Å². The summed E-state index contributed by atoms with van der Waals surface area (Å²) in [4.78, 5) is 16.7. The average molecular weight is 461 g/mol. The van der Waals surface area contributed by atoms with E-state index in [4.69, 9.17) is 23.2 Å². The maximum atomic E-state index is 13.2. The number of H-pyrrole nitrogens is 1. The Morgan fingerprint density at radius 2 is 1.79 bits per heavy atom. The van der Waals surface area contributed by atoms with E-state index in [1.54, 1.807) is 31.2 Å². The Balaban J connectivity index is 1.70. The number of benzene rings is 2. The summed E-state index contributed by atoms with van der Waals surface area (Å²) in [6, 6.07) is 10.1. The van der Waals surface area contributed by atoms with Gasteiger partial charge in [-0.2, -0.15) is 13.2 Å². The second-order valence-corrected chi connectivity index (χ2v) is 8.09. The van der Waals surface area contributed by atoms with Crippen molar-refractivity contribution in [3.63, 3.8) is 0 Å². The maximum Gasteiger partial charge on any atom is 0.418 e. The molecule has 0 radical (unpaired) electrons. The van der Waals surface area contributed by atoms with Crippen LogP contribution in [0, 0.1) is 0 Å². The molecule has 3 aromatic rings. The molecule has 152 valence electrons. The third-order valence-corrected chi connectivity index (χ3v) is 5.23. The van der Waals surface area contributed by atoms with E-state index in [9.17, 15) is 18.0 Å². The third kappa shape index (κ3) is 5.43. The number of nitrogens with one attached hydrogen (secondary N) is 2. The van der Waals surface area contributed by atoms with Gasteiger partial charge >= 0.3 is 6.18 Å². The third-order valence-electron chi connectivity index (χ3n) is 3.78. The lowest BCUT2D eigenvalue weighted by atomic mass is 10.1. The van der Waals surface area contributed by atoms with Crippen LogP contribution in [0.1, 0.15) is 12.5 Å². The number of anilines is 1. The number of carbonyl (C=O) groups excluding carboxylic acids is 1. The van der Waals surface area contributed by atoms with E-state index in [2.05, 4.69) is 20.5 Å². The molecular formula is C18H13Cl2F3N4OS. The molecule has 0 saturated heterocycles. The van der Waals surface area contributed by atoms with Crippen LogP contribution in [0.2, 0.25) is 10.0 Å². The number of amides is 1. The number of alkyl halides is 3. The largest absolute Gasteiger partial charge is 0.418 e. The molecule has 1 unspecified atom stereocenters. The van der Waals surface area contributed by atoms with Crippen LogP contribution in [0.25, 0.3) is 11.4 Å². The van der Waals surface area contributed by atoms with E-state index < -0.39 is 22.9 Å². The van der Waals surface area contributed by atoms with Gasteiger partial charge in [0.25, 0.3) is 0 Å². The molecule has 0 spiro atoms. The van der Waals surface area contributed by atoms with Crippen molar-refractivity contribution in [1.29, 1.82) is 0 Å². The van der Waals surface area contributed by atoms with Gasteiger partial charge in [0, 0.05) is 15.6 Å². The van der Waals surface area contributed by atoms with Gasteiger partial charge in [-0.05, 0) is 49.4 Å². The molecule has 1 aromatic heterocycles. The molecule has 2 N–H and O–H groups in total. The lowest BCUT2D eigenvalue weighted by Gasteiger charge is -2.16. The van der Waals surface area contributed by atoms with Crippen molar-refractivity contribution in [2.75, 3.05) is 5.32 Å². The van der Waals surface area contributed by atoms with Crippen LogP contribution in [0.3, 0.4) is 0 Å². The molecule has 1 atom stereocenters. The summed E-state index contributed by atoms with van der Waals surface area (Å²) in [6.45, 7) is 1.54. The monoisotopic (exact) mass is 460 g/mol. The number of aromatic amines is 1. The molecule has 0 aliphatic carbocycles. The van der Waals surface area contributed by atoms with E-state index in [1.165, 1.54) is 6.07 Å². The molecule has 0 fully saturated rings. The molecule has 29 heavy (non-hydrogen) atoms. The number of hydrogen-bond acceptors (Lipinski definition) is 4. The summed E-state index contributed by atoms with van der Waals surface area (Å²) in [5.74, 6) is -0.144. The molecule has 3 rings (SSSR count). The van der Waals surface area contributed by atoms with E-state index in [-0.39, 0.29) is 15.9 Å². The second kappa shape index (κ2) is 8.64. The predicted molar refractivity (Wildman–Crippen MR) is 107 cm³/mol. The first-order valence-corrected chi connectivity index (χ1v) is 9.79. The Morgan fingerprint density at radius 1 is 1.14 bits per heavy atom. The van der Waals surface area contributed by atoms with Gasteiger partial charge in [0.15, 0.2) is 5.82 Å². The zero-order valence-electron chi connectivity index (χ0n) is 14.7. The number of carbonyl (C=O) groups is 1. The number of nitrogens with zero attached hydrogens (tertiary/aromatic N) is 2. The quantitative estimate of drug-likeness (QED) is 0.463. The van der Waals surface area contributed by atoms with Crippen molar-refractivity contribution in [3.8, 4) is 11.4 Å². The number of thioether (sulfide) groups is 1. The summed E-state index contributed by atoms with van der Waals surface area (Å²) in [5.41, 5.74) is -0.628. The van der Waals surface area contributed by atoms with Gasteiger partial charge in [-0.25, -0.2) is 4.98 Å². The predicted octanol–water partition coefficient (Wildman–Crippen LogP) is 5.92. The van der Waals surface area contributed by atoms with Gasteiger partial charge in [-0.15, -0.1) is 5.10 Å². The van der Waals surface area contributed by atoms with E-state index >= 15 is 0 Å². The lowest BCUT2D eigenvalue weighted by Crippen LogP contribution is -2.24. The summed E-state index contributed by atoms with van der Waals surface area (Å²) in [7, 11) is 0. The smallest absolute Gasteiger partial charge is 0.325 e. The van der Waals surface area contributed by atoms with Crippen LogP contribution >= 0.6 is 35.0 Å². The Hall–Kier alpha value is -2.23. The summed E-state index contributed by atoms with van der Waals surface area (Å²) in [5, 5.41) is 9.10. The molecule has 0 aliphatic heterocycles. The van der Waals surface area contributed by atoms with Crippen LogP contribution in [-0.2, 0) is 11.0 Å². The van der Waals surface area contributed by atoms with E-state index in [1.807, 2.05) is 0 Å². The van der Waals surface area contributed by atoms with Crippen LogP contribution in [0.15, 0.2) is 47.6 Å². The highest BCUT2D eigenvalue weighted by Crippen LogP contribution is 2.37. The van der Waals surface area contributed by atoms with E-state index in [0.717, 1.165) is 29.5 Å². The Labute approximate surface area is 178 Å². The highest BCUT2D eigenvalue weighted by molar-refractivity contribution is 8.00. The van der Waals surface area contributed by atoms with Gasteiger partial charge in [0.2, 0.25) is 11.1 Å². The van der Waals surface area contributed by atoms with Crippen LogP contribution < -0.4 is 5.32 Å².